The fraction of sp³-hybridized carbons (Fsp3) is 0.636. The Morgan fingerprint density at radius 1 is 1.00 bits per heavy atom. The number of carbonyl (C=O) groups is 2. The van der Waals surface area contributed by atoms with Gasteiger partial charge in [0.2, 0.25) is 11.8 Å². The van der Waals surface area contributed by atoms with Crippen LogP contribution in [-0.4, -0.2) is 60.4 Å². The molecule has 1 aromatic carbocycles. The summed E-state index contributed by atoms with van der Waals surface area (Å²) in [6, 6.07) is 8.85. The molecule has 2 heterocycles. The third-order valence-corrected chi connectivity index (χ3v) is 6.54. The molecule has 3 aliphatic rings. The second kappa shape index (κ2) is 7.91. The van der Waals surface area contributed by atoms with Crippen LogP contribution in [0.2, 0.25) is 0 Å². The van der Waals surface area contributed by atoms with Crippen molar-refractivity contribution in [2.24, 2.45) is 5.92 Å². The van der Waals surface area contributed by atoms with Crippen LogP contribution in [0.1, 0.15) is 44.1 Å². The third-order valence-electron chi connectivity index (χ3n) is 6.54. The van der Waals surface area contributed by atoms with E-state index in [1.54, 1.807) is 0 Å². The van der Waals surface area contributed by atoms with Crippen molar-refractivity contribution >= 4 is 17.5 Å². The molecule has 3 fully saturated rings. The van der Waals surface area contributed by atoms with Crippen LogP contribution in [-0.2, 0) is 9.59 Å². The molecule has 2 amide bonds. The summed E-state index contributed by atoms with van der Waals surface area (Å²) >= 11 is 0. The summed E-state index contributed by atoms with van der Waals surface area (Å²) in [5.41, 5.74) is 2.56. The van der Waals surface area contributed by atoms with Gasteiger partial charge in [0.1, 0.15) is 0 Å². The molecule has 0 unspecified atom stereocenters. The van der Waals surface area contributed by atoms with E-state index < -0.39 is 0 Å². The lowest BCUT2D eigenvalue weighted by Crippen LogP contribution is -2.41. The Morgan fingerprint density at radius 3 is 2.56 bits per heavy atom. The van der Waals surface area contributed by atoms with Gasteiger partial charge in [-0.2, -0.15) is 0 Å². The second-order valence-corrected chi connectivity index (χ2v) is 8.34. The van der Waals surface area contributed by atoms with Crippen molar-refractivity contribution in [1.82, 2.24) is 9.80 Å². The van der Waals surface area contributed by atoms with Crippen LogP contribution < -0.4 is 4.90 Å². The molecule has 0 spiro atoms. The Bertz CT molecular complexity index is 699. The molecule has 0 radical (unpaired) electrons. The number of benzene rings is 1. The second-order valence-electron chi connectivity index (χ2n) is 8.34. The molecule has 1 saturated carbocycles. The zero-order valence-electron chi connectivity index (χ0n) is 16.4. The largest absolute Gasteiger partial charge is 0.369 e. The highest BCUT2D eigenvalue weighted by molar-refractivity contribution is 5.89. The quantitative estimate of drug-likeness (QED) is 0.823. The van der Waals surface area contributed by atoms with Crippen LogP contribution in [0.15, 0.2) is 24.3 Å². The summed E-state index contributed by atoms with van der Waals surface area (Å²) in [4.78, 5) is 32.0. The lowest BCUT2D eigenvalue weighted by Gasteiger charge is -2.27. The van der Waals surface area contributed by atoms with E-state index in [1.165, 1.54) is 24.1 Å². The van der Waals surface area contributed by atoms with E-state index in [0.717, 1.165) is 45.4 Å². The Balaban J connectivity index is 1.37. The lowest BCUT2D eigenvalue weighted by atomic mass is 10.1. The summed E-state index contributed by atoms with van der Waals surface area (Å²) < 4.78 is 0. The fourth-order valence-electron chi connectivity index (χ4n) is 5.02. The van der Waals surface area contributed by atoms with Crippen LogP contribution in [0, 0.1) is 12.8 Å². The zero-order valence-corrected chi connectivity index (χ0v) is 16.4. The van der Waals surface area contributed by atoms with Gasteiger partial charge in [0.25, 0.3) is 0 Å². The molecule has 2 saturated heterocycles. The van der Waals surface area contributed by atoms with E-state index in [9.17, 15) is 9.59 Å². The summed E-state index contributed by atoms with van der Waals surface area (Å²) in [6.45, 7) is 6.18. The maximum absolute atomic E-state index is 13.1. The van der Waals surface area contributed by atoms with Gasteiger partial charge in [-0.25, -0.2) is 0 Å². The van der Waals surface area contributed by atoms with Gasteiger partial charge in [-0.1, -0.05) is 31.0 Å². The van der Waals surface area contributed by atoms with E-state index in [-0.39, 0.29) is 17.7 Å². The number of para-hydroxylation sites is 1. The van der Waals surface area contributed by atoms with Gasteiger partial charge in [0.05, 0.1) is 5.92 Å². The predicted molar refractivity (Wildman–Crippen MR) is 107 cm³/mol. The smallest absolute Gasteiger partial charge is 0.228 e. The molecule has 4 rings (SSSR count). The molecule has 1 atom stereocenters. The topological polar surface area (TPSA) is 43.9 Å². The highest BCUT2D eigenvalue weighted by Gasteiger charge is 2.40. The first-order valence-corrected chi connectivity index (χ1v) is 10.5. The van der Waals surface area contributed by atoms with Crippen LogP contribution in [0.3, 0.4) is 0 Å². The van der Waals surface area contributed by atoms with Crippen molar-refractivity contribution in [2.75, 3.05) is 37.6 Å². The number of hydrogen-bond acceptors (Lipinski definition) is 3. The van der Waals surface area contributed by atoms with Crippen molar-refractivity contribution in [3.63, 3.8) is 0 Å². The van der Waals surface area contributed by atoms with Crippen molar-refractivity contribution in [1.29, 1.82) is 0 Å². The van der Waals surface area contributed by atoms with E-state index in [4.69, 9.17) is 0 Å². The van der Waals surface area contributed by atoms with Gasteiger partial charge in [-0.15, -0.1) is 0 Å². The molecule has 0 bridgehead atoms. The molecule has 0 N–H and O–H groups in total. The Hall–Kier alpha value is -2.04. The Kier molecular flexibility index (Phi) is 5.37. The molecular weight excluding hydrogens is 338 g/mol. The van der Waals surface area contributed by atoms with Gasteiger partial charge >= 0.3 is 0 Å². The van der Waals surface area contributed by atoms with Crippen LogP contribution in [0.25, 0.3) is 0 Å². The number of nitrogens with zero attached hydrogens (tertiary/aromatic N) is 3. The molecule has 27 heavy (non-hydrogen) atoms. The summed E-state index contributed by atoms with van der Waals surface area (Å²) in [5, 5.41) is 0. The van der Waals surface area contributed by atoms with Crippen LogP contribution in [0.4, 0.5) is 5.69 Å². The number of amides is 2. The monoisotopic (exact) mass is 369 g/mol. The Labute approximate surface area is 162 Å². The molecule has 0 aromatic heterocycles. The van der Waals surface area contributed by atoms with E-state index in [2.05, 4.69) is 36.1 Å². The number of anilines is 1. The minimum atomic E-state index is -0.136. The Morgan fingerprint density at radius 2 is 1.78 bits per heavy atom. The van der Waals surface area contributed by atoms with E-state index in [1.807, 2.05) is 9.80 Å². The molecule has 5 heteroatoms. The van der Waals surface area contributed by atoms with Crippen LogP contribution in [0.5, 0.6) is 0 Å². The summed E-state index contributed by atoms with van der Waals surface area (Å²) in [7, 11) is 0. The van der Waals surface area contributed by atoms with Crippen molar-refractivity contribution in [3.8, 4) is 0 Å². The van der Waals surface area contributed by atoms with E-state index in [0.29, 0.717) is 19.0 Å². The average molecular weight is 370 g/mol. The lowest BCUT2D eigenvalue weighted by molar-refractivity contribution is -0.135. The molecule has 2 aliphatic heterocycles. The number of aryl methyl sites for hydroxylation is 1. The number of carbonyl (C=O) groups excluding carboxylic acids is 2. The molecular formula is C22H31N3O2. The number of hydrogen-bond donors (Lipinski definition) is 0. The molecule has 1 aromatic rings. The highest BCUT2D eigenvalue weighted by atomic mass is 16.2. The van der Waals surface area contributed by atoms with E-state index >= 15 is 0 Å². The maximum atomic E-state index is 13.1. The minimum Gasteiger partial charge on any atom is -0.369 e. The molecule has 1 aliphatic carbocycles. The first-order chi connectivity index (χ1) is 13.1. The molecule has 5 nitrogen and oxygen atoms in total. The first-order valence-electron chi connectivity index (χ1n) is 10.5. The average Bonchev–Trinajstić information content (AvgIpc) is 3.25. The summed E-state index contributed by atoms with van der Waals surface area (Å²) in [6.07, 6.45) is 6.05. The SMILES string of the molecule is Cc1ccccc1N1CCCN(C(=O)[C@H]2CC(=O)N(C3CCCC3)C2)CC1. The number of likely N-dealkylation sites (tertiary alicyclic amines) is 1. The minimum absolute atomic E-state index is 0.136. The highest BCUT2D eigenvalue weighted by Crippen LogP contribution is 2.30. The maximum Gasteiger partial charge on any atom is 0.228 e. The van der Waals surface area contributed by atoms with Gasteiger partial charge in [-0.05, 0) is 37.8 Å². The summed E-state index contributed by atoms with van der Waals surface area (Å²) in [5.74, 6) is 0.246. The normalized spacial score (nSPS) is 24.6. The van der Waals surface area contributed by atoms with Gasteiger partial charge in [-0.3, -0.25) is 9.59 Å². The predicted octanol–water partition coefficient (Wildman–Crippen LogP) is 2.82. The van der Waals surface area contributed by atoms with Crippen molar-refractivity contribution in [3.05, 3.63) is 29.8 Å². The van der Waals surface area contributed by atoms with Gasteiger partial charge in [0, 0.05) is 50.9 Å². The fourth-order valence-corrected chi connectivity index (χ4v) is 5.02. The third kappa shape index (κ3) is 3.83. The van der Waals surface area contributed by atoms with Crippen molar-refractivity contribution in [2.45, 2.75) is 51.5 Å². The van der Waals surface area contributed by atoms with Gasteiger partial charge in [0.15, 0.2) is 0 Å². The zero-order chi connectivity index (χ0) is 18.8. The van der Waals surface area contributed by atoms with Crippen LogP contribution >= 0.6 is 0 Å². The first kappa shape index (κ1) is 18.3. The number of rotatable bonds is 3. The van der Waals surface area contributed by atoms with Crippen molar-refractivity contribution < 1.29 is 9.59 Å². The van der Waals surface area contributed by atoms with Gasteiger partial charge < -0.3 is 14.7 Å². The molecule has 146 valence electrons. The standard InChI is InChI=1S/C22H31N3O2/c1-17-7-2-5-10-20(17)23-11-6-12-24(14-13-23)22(27)18-15-21(26)25(16-18)19-8-3-4-9-19/h2,5,7,10,18-19H,3-4,6,8-9,11-16H2,1H3/t18-/m0/s1.